The molecule has 198 valence electrons. The number of aryl methyl sites for hydroxylation is 1. The summed E-state index contributed by atoms with van der Waals surface area (Å²) in [5.74, 6) is 0.840. The van der Waals surface area contributed by atoms with Gasteiger partial charge < -0.3 is 15.7 Å². The highest BCUT2D eigenvalue weighted by molar-refractivity contribution is 7.88. The Balaban J connectivity index is 1.39. The number of hydrogen-bond donors (Lipinski definition) is 3. The van der Waals surface area contributed by atoms with Crippen molar-refractivity contribution < 1.29 is 13.5 Å². The lowest BCUT2D eigenvalue weighted by Gasteiger charge is -2.27. The lowest BCUT2D eigenvalue weighted by atomic mass is 10.0. The maximum atomic E-state index is 12.5. The molecule has 0 bridgehead atoms. The van der Waals surface area contributed by atoms with Gasteiger partial charge in [-0.05, 0) is 74.0 Å². The van der Waals surface area contributed by atoms with Crippen LogP contribution < -0.4 is 10.6 Å². The monoisotopic (exact) mass is 523 g/mol. The molecule has 4 rings (SSSR count). The van der Waals surface area contributed by atoms with Crippen molar-refractivity contribution in [3.63, 3.8) is 0 Å². The highest BCUT2D eigenvalue weighted by atomic mass is 32.2. The van der Waals surface area contributed by atoms with Crippen molar-refractivity contribution in [2.24, 2.45) is 0 Å². The highest BCUT2D eigenvalue weighted by Gasteiger charge is 2.20. The summed E-state index contributed by atoms with van der Waals surface area (Å²) >= 11 is 0. The fraction of sp³-hybridized carbons (Fsp3) is 0.429. The van der Waals surface area contributed by atoms with Gasteiger partial charge in [0.2, 0.25) is 16.0 Å². The molecule has 9 heteroatoms. The van der Waals surface area contributed by atoms with E-state index in [2.05, 4.69) is 20.6 Å². The van der Waals surface area contributed by atoms with E-state index < -0.39 is 10.0 Å². The molecule has 1 saturated heterocycles. The van der Waals surface area contributed by atoms with Crippen LogP contribution in [0.2, 0.25) is 0 Å². The first-order chi connectivity index (χ1) is 17.8. The predicted molar refractivity (Wildman–Crippen MR) is 148 cm³/mol. The number of aromatic hydroxyl groups is 1. The van der Waals surface area contributed by atoms with Crippen LogP contribution in [-0.2, 0) is 23.0 Å². The fourth-order valence-corrected chi connectivity index (χ4v) is 5.48. The second kappa shape index (κ2) is 12.5. The van der Waals surface area contributed by atoms with Crippen molar-refractivity contribution in [2.45, 2.75) is 51.6 Å². The van der Waals surface area contributed by atoms with E-state index >= 15 is 0 Å². The van der Waals surface area contributed by atoms with Gasteiger partial charge in [0.25, 0.3) is 0 Å². The molecular formula is C28H37N5O3S. The third kappa shape index (κ3) is 7.99. The van der Waals surface area contributed by atoms with E-state index in [1.165, 1.54) is 19.1 Å². The lowest BCUT2D eigenvalue weighted by Crippen LogP contribution is -2.38. The van der Waals surface area contributed by atoms with Crippen molar-refractivity contribution in [3.8, 4) is 17.0 Å². The van der Waals surface area contributed by atoms with Crippen LogP contribution in [0.3, 0.4) is 0 Å². The first kappa shape index (κ1) is 27.0. The molecular weight excluding hydrogens is 486 g/mol. The number of piperidine rings is 1. The molecule has 37 heavy (non-hydrogen) atoms. The summed E-state index contributed by atoms with van der Waals surface area (Å²) in [6.07, 6.45) is 8.10. The minimum Gasteiger partial charge on any atom is -0.508 e. The molecule has 2 heterocycles. The van der Waals surface area contributed by atoms with Gasteiger partial charge in [-0.1, -0.05) is 36.8 Å². The van der Waals surface area contributed by atoms with E-state index in [-0.39, 0.29) is 0 Å². The van der Waals surface area contributed by atoms with Crippen molar-refractivity contribution >= 4 is 16.0 Å². The van der Waals surface area contributed by atoms with Gasteiger partial charge >= 0.3 is 0 Å². The lowest BCUT2D eigenvalue weighted by molar-refractivity contribution is 0.331. The number of rotatable bonds is 11. The Labute approximate surface area is 220 Å². The van der Waals surface area contributed by atoms with Crippen LogP contribution in [0.15, 0.2) is 54.7 Å². The molecule has 1 atom stereocenters. The Kier molecular flexibility index (Phi) is 9.13. The molecule has 8 nitrogen and oxygen atoms in total. The molecule has 1 unspecified atom stereocenters. The highest BCUT2D eigenvalue weighted by Crippen LogP contribution is 2.22. The zero-order valence-corrected chi connectivity index (χ0v) is 22.5. The van der Waals surface area contributed by atoms with E-state index in [0.29, 0.717) is 37.4 Å². The molecule has 3 N–H and O–H groups in total. The zero-order chi connectivity index (χ0) is 26.3. The van der Waals surface area contributed by atoms with Crippen molar-refractivity contribution in [3.05, 3.63) is 71.4 Å². The van der Waals surface area contributed by atoms with Gasteiger partial charge in [0.1, 0.15) is 5.75 Å². The van der Waals surface area contributed by atoms with E-state index in [1.54, 1.807) is 16.6 Å². The van der Waals surface area contributed by atoms with Gasteiger partial charge in [-0.2, -0.15) is 4.31 Å². The van der Waals surface area contributed by atoms with Crippen LogP contribution >= 0.6 is 0 Å². The largest absolute Gasteiger partial charge is 0.508 e. The minimum atomic E-state index is -3.33. The smallest absolute Gasteiger partial charge is 0.223 e. The standard InChI is InChI=1S/C28H37N5O3S/c1-21-18-22(9-10-27(21)34)11-15-30-28-31-16-12-26(32-28)24-7-5-6-23(19-24)20-33(37(2,35)36)17-13-25-8-3-4-14-29-25/h5-7,9-10,12,16,18-19,25,29,34H,3-4,8,11,13-15,17,20H2,1-2H3,(H,30,31,32). The molecule has 1 aliphatic heterocycles. The van der Waals surface area contributed by atoms with Gasteiger partial charge in [-0.15, -0.1) is 0 Å². The van der Waals surface area contributed by atoms with Crippen LogP contribution in [0.1, 0.15) is 42.4 Å². The number of hydrogen-bond acceptors (Lipinski definition) is 7. The molecule has 0 amide bonds. The summed E-state index contributed by atoms with van der Waals surface area (Å²) in [7, 11) is -3.33. The number of sulfonamides is 1. The Morgan fingerprint density at radius 2 is 2.00 bits per heavy atom. The Morgan fingerprint density at radius 3 is 2.76 bits per heavy atom. The maximum Gasteiger partial charge on any atom is 0.223 e. The van der Waals surface area contributed by atoms with Gasteiger partial charge in [0.15, 0.2) is 0 Å². The molecule has 1 aromatic heterocycles. The second-order valence-corrected chi connectivity index (χ2v) is 11.8. The van der Waals surface area contributed by atoms with Crippen LogP contribution in [-0.4, -0.2) is 59.7 Å². The summed E-state index contributed by atoms with van der Waals surface area (Å²) in [5, 5.41) is 16.5. The van der Waals surface area contributed by atoms with Gasteiger partial charge in [-0.3, -0.25) is 0 Å². The summed E-state index contributed by atoms with van der Waals surface area (Å²) in [4.78, 5) is 9.01. The fourth-order valence-electron chi connectivity index (χ4n) is 4.66. The SMILES string of the molecule is Cc1cc(CCNc2nccc(-c3cccc(CN(CCC4CCCCN4)S(C)(=O)=O)c3)n2)ccc1O. The molecule has 3 aromatic rings. The zero-order valence-electron chi connectivity index (χ0n) is 21.7. The quantitative estimate of drug-likeness (QED) is 0.347. The van der Waals surface area contributed by atoms with E-state index in [4.69, 9.17) is 0 Å². The molecule has 0 radical (unpaired) electrons. The van der Waals surface area contributed by atoms with Crippen LogP contribution in [0.25, 0.3) is 11.3 Å². The van der Waals surface area contributed by atoms with Crippen molar-refractivity contribution in [1.82, 2.24) is 19.6 Å². The number of nitrogens with zero attached hydrogens (tertiary/aromatic N) is 3. The second-order valence-electron chi connectivity index (χ2n) is 9.80. The van der Waals surface area contributed by atoms with Gasteiger partial charge in [0.05, 0.1) is 11.9 Å². The summed E-state index contributed by atoms with van der Waals surface area (Å²) in [6, 6.07) is 15.7. The topological polar surface area (TPSA) is 107 Å². The first-order valence-electron chi connectivity index (χ1n) is 12.9. The molecule has 0 saturated carbocycles. The number of nitrogens with one attached hydrogen (secondary N) is 2. The van der Waals surface area contributed by atoms with Gasteiger partial charge in [0, 0.05) is 37.4 Å². The number of benzene rings is 2. The molecule has 1 fully saturated rings. The predicted octanol–water partition coefficient (Wildman–Crippen LogP) is 4.11. The Bertz CT molecular complexity index is 1290. The van der Waals surface area contributed by atoms with Crippen LogP contribution in [0.4, 0.5) is 5.95 Å². The first-order valence-corrected chi connectivity index (χ1v) is 14.8. The minimum absolute atomic E-state index is 0.302. The number of phenolic OH excluding ortho intramolecular Hbond substituents is 1. The molecule has 2 aromatic carbocycles. The van der Waals surface area contributed by atoms with Crippen LogP contribution in [0.5, 0.6) is 5.75 Å². The number of anilines is 1. The summed E-state index contributed by atoms with van der Waals surface area (Å²) < 4.78 is 26.6. The summed E-state index contributed by atoms with van der Waals surface area (Å²) in [5.41, 5.74) is 4.60. The molecule has 0 spiro atoms. The third-order valence-electron chi connectivity index (χ3n) is 6.80. The normalized spacial score (nSPS) is 16.1. The van der Waals surface area contributed by atoms with E-state index in [9.17, 15) is 13.5 Å². The van der Waals surface area contributed by atoms with Crippen molar-refractivity contribution in [1.29, 1.82) is 0 Å². The average Bonchev–Trinajstić information content (AvgIpc) is 2.89. The van der Waals surface area contributed by atoms with Gasteiger partial charge in [-0.25, -0.2) is 18.4 Å². The van der Waals surface area contributed by atoms with E-state index in [1.807, 2.05) is 49.4 Å². The average molecular weight is 524 g/mol. The number of aromatic nitrogens is 2. The van der Waals surface area contributed by atoms with E-state index in [0.717, 1.165) is 53.8 Å². The van der Waals surface area contributed by atoms with Crippen LogP contribution in [0, 0.1) is 6.92 Å². The summed E-state index contributed by atoms with van der Waals surface area (Å²) in [6.45, 7) is 4.39. The third-order valence-corrected chi connectivity index (χ3v) is 8.05. The molecule has 1 aliphatic rings. The maximum absolute atomic E-state index is 12.5. The Hall–Kier alpha value is -3.01. The molecule has 0 aliphatic carbocycles. The number of phenols is 1. The van der Waals surface area contributed by atoms with Crippen molar-refractivity contribution in [2.75, 3.05) is 31.2 Å². The Morgan fingerprint density at radius 1 is 1.14 bits per heavy atom.